The quantitative estimate of drug-likeness (QED) is 0.358. The van der Waals surface area contributed by atoms with Gasteiger partial charge in [0.15, 0.2) is 0 Å². The van der Waals surface area contributed by atoms with Crippen LogP contribution >= 0.6 is 39.1 Å². The van der Waals surface area contributed by atoms with Gasteiger partial charge in [-0.2, -0.15) is 0 Å². The van der Waals surface area contributed by atoms with Crippen LogP contribution in [0.1, 0.15) is 17.0 Å². The van der Waals surface area contributed by atoms with E-state index in [0.29, 0.717) is 35.4 Å². The summed E-state index contributed by atoms with van der Waals surface area (Å²) in [5.41, 5.74) is 1.51. The largest absolute Gasteiger partial charge is 0.332 e. The van der Waals surface area contributed by atoms with Crippen molar-refractivity contribution >= 4 is 56.8 Å². The summed E-state index contributed by atoms with van der Waals surface area (Å²) >= 11 is 15.9. The Morgan fingerprint density at radius 3 is 2.26 bits per heavy atom. The molecule has 1 spiro atoms. The van der Waals surface area contributed by atoms with Gasteiger partial charge in [0.05, 0.1) is 5.69 Å². The Bertz CT molecular complexity index is 1230. The molecule has 5 nitrogen and oxygen atoms in total. The number of amides is 3. The van der Waals surface area contributed by atoms with Crippen LogP contribution in [-0.4, -0.2) is 47.4 Å². The standard InChI is InChI=1S/C26H22BrCl2N3O2/c1-30-25(34)32(22-12-20(28)11-21(29)13-22)24(33)26(30)16-31(14-17-5-3-2-4-6-17)15-23(26)18-7-9-19(27)10-8-18/h2-13,23H,14-16H2,1H3/t23-,26+/m0/s1. The van der Waals surface area contributed by atoms with Gasteiger partial charge in [-0.25, -0.2) is 9.69 Å². The Morgan fingerprint density at radius 1 is 0.971 bits per heavy atom. The van der Waals surface area contributed by atoms with Crippen molar-refractivity contribution in [3.8, 4) is 0 Å². The second kappa shape index (κ2) is 9.00. The van der Waals surface area contributed by atoms with E-state index in [-0.39, 0.29) is 17.9 Å². The highest BCUT2D eigenvalue weighted by atomic mass is 79.9. The van der Waals surface area contributed by atoms with Gasteiger partial charge in [0.1, 0.15) is 5.54 Å². The molecule has 0 unspecified atom stereocenters. The van der Waals surface area contributed by atoms with Gasteiger partial charge in [-0.15, -0.1) is 0 Å². The van der Waals surface area contributed by atoms with Crippen molar-refractivity contribution in [3.05, 3.63) is 98.4 Å². The minimum absolute atomic E-state index is 0.203. The number of nitrogens with zero attached hydrogens (tertiary/aromatic N) is 3. The van der Waals surface area contributed by atoms with Crippen LogP contribution in [0, 0.1) is 0 Å². The monoisotopic (exact) mass is 557 g/mol. The fourth-order valence-electron chi connectivity index (χ4n) is 5.16. The van der Waals surface area contributed by atoms with Crippen molar-refractivity contribution in [3.63, 3.8) is 0 Å². The smallest absolute Gasteiger partial charge is 0.310 e. The third-order valence-corrected chi connectivity index (χ3v) is 7.72. The molecule has 5 rings (SSSR count). The molecule has 2 fully saturated rings. The molecule has 0 saturated carbocycles. The molecule has 2 aliphatic rings. The second-order valence-electron chi connectivity index (χ2n) is 8.79. The first-order valence-electron chi connectivity index (χ1n) is 10.9. The van der Waals surface area contributed by atoms with Crippen LogP contribution in [0.4, 0.5) is 10.5 Å². The number of rotatable bonds is 4. The first-order chi connectivity index (χ1) is 16.3. The zero-order valence-corrected chi connectivity index (χ0v) is 21.5. The van der Waals surface area contributed by atoms with Gasteiger partial charge >= 0.3 is 6.03 Å². The number of likely N-dealkylation sites (N-methyl/N-ethyl adjacent to an activating group) is 1. The van der Waals surface area contributed by atoms with Gasteiger partial charge in [-0.1, -0.05) is 81.6 Å². The molecule has 174 valence electrons. The number of benzene rings is 3. The molecule has 34 heavy (non-hydrogen) atoms. The Balaban J connectivity index is 1.58. The number of likely N-dealkylation sites (tertiary alicyclic amines) is 1. The number of carbonyl (C=O) groups is 2. The maximum Gasteiger partial charge on any atom is 0.332 e. The van der Waals surface area contributed by atoms with Crippen LogP contribution in [0.25, 0.3) is 0 Å². The van der Waals surface area contributed by atoms with Crippen LogP contribution in [0.2, 0.25) is 10.0 Å². The number of imide groups is 1. The molecule has 0 aliphatic carbocycles. The van der Waals surface area contributed by atoms with Crippen LogP contribution < -0.4 is 4.90 Å². The molecule has 3 aromatic rings. The molecule has 2 atom stereocenters. The van der Waals surface area contributed by atoms with Crippen LogP contribution in [-0.2, 0) is 11.3 Å². The molecular formula is C26H22BrCl2N3O2. The summed E-state index contributed by atoms with van der Waals surface area (Å²) in [5, 5.41) is 0.738. The maximum absolute atomic E-state index is 14.2. The van der Waals surface area contributed by atoms with Gasteiger partial charge in [0, 0.05) is 47.1 Å². The van der Waals surface area contributed by atoms with Crippen molar-refractivity contribution in [1.82, 2.24) is 9.80 Å². The number of hydrogen-bond acceptors (Lipinski definition) is 3. The summed E-state index contributed by atoms with van der Waals surface area (Å²) in [6.07, 6.45) is 0. The van der Waals surface area contributed by atoms with Crippen molar-refractivity contribution in [1.29, 1.82) is 0 Å². The predicted molar refractivity (Wildman–Crippen MR) is 138 cm³/mol. The van der Waals surface area contributed by atoms with Gasteiger partial charge in [-0.3, -0.25) is 9.69 Å². The van der Waals surface area contributed by atoms with Crippen molar-refractivity contribution in [2.45, 2.75) is 18.0 Å². The van der Waals surface area contributed by atoms with Crippen LogP contribution in [0.15, 0.2) is 77.3 Å². The number of anilines is 1. The van der Waals surface area contributed by atoms with Crippen molar-refractivity contribution in [2.24, 2.45) is 0 Å². The summed E-state index contributed by atoms with van der Waals surface area (Å²) in [7, 11) is 1.71. The normalized spacial score (nSPS) is 22.9. The highest BCUT2D eigenvalue weighted by Gasteiger charge is 2.64. The molecule has 3 amide bonds. The van der Waals surface area contributed by atoms with Gasteiger partial charge < -0.3 is 4.90 Å². The minimum Gasteiger partial charge on any atom is -0.310 e. The molecule has 0 N–H and O–H groups in total. The Morgan fingerprint density at radius 2 is 1.62 bits per heavy atom. The predicted octanol–water partition coefficient (Wildman–Crippen LogP) is 6.19. The van der Waals surface area contributed by atoms with E-state index in [1.54, 1.807) is 30.1 Å². The fraction of sp³-hybridized carbons (Fsp3) is 0.231. The maximum atomic E-state index is 14.2. The molecular weight excluding hydrogens is 537 g/mol. The van der Waals surface area contributed by atoms with Gasteiger partial charge in [0.2, 0.25) is 0 Å². The summed E-state index contributed by atoms with van der Waals surface area (Å²) < 4.78 is 0.960. The van der Waals surface area contributed by atoms with Gasteiger partial charge in [-0.05, 0) is 41.5 Å². The van der Waals surface area contributed by atoms with Crippen molar-refractivity contribution in [2.75, 3.05) is 25.0 Å². The highest BCUT2D eigenvalue weighted by molar-refractivity contribution is 9.10. The minimum atomic E-state index is -1.05. The number of halogens is 3. The molecule has 2 saturated heterocycles. The van der Waals surface area contributed by atoms with E-state index in [2.05, 4.69) is 33.0 Å². The van der Waals surface area contributed by atoms with E-state index in [9.17, 15) is 9.59 Å². The Labute approximate surface area is 217 Å². The molecule has 0 radical (unpaired) electrons. The molecule has 0 aromatic heterocycles. The lowest BCUT2D eigenvalue weighted by atomic mass is 9.81. The van der Waals surface area contributed by atoms with Gasteiger partial charge in [0.25, 0.3) is 5.91 Å². The lowest BCUT2D eigenvalue weighted by Crippen LogP contribution is -2.53. The number of urea groups is 1. The van der Waals surface area contributed by atoms with E-state index in [1.807, 2.05) is 42.5 Å². The molecule has 8 heteroatoms. The fourth-order valence-corrected chi connectivity index (χ4v) is 5.94. The highest BCUT2D eigenvalue weighted by Crippen LogP contribution is 2.47. The SMILES string of the molecule is CN1C(=O)N(c2cc(Cl)cc(Cl)c2)C(=O)[C@]12CN(Cc1ccccc1)C[C@H]2c1ccc(Br)cc1. The average molecular weight is 559 g/mol. The Kier molecular flexibility index (Phi) is 6.19. The summed E-state index contributed by atoms with van der Waals surface area (Å²) in [5.74, 6) is -0.466. The average Bonchev–Trinajstić information content (AvgIpc) is 3.26. The Hall–Kier alpha value is -2.38. The lowest BCUT2D eigenvalue weighted by molar-refractivity contribution is -0.124. The van der Waals surface area contributed by atoms with E-state index in [1.165, 1.54) is 4.90 Å². The molecule has 3 aromatic carbocycles. The molecule has 0 bridgehead atoms. The zero-order valence-electron chi connectivity index (χ0n) is 18.4. The van der Waals surface area contributed by atoms with Crippen LogP contribution in [0.5, 0.6) is 0 Å². The first kappa shape index (κ1) is 23.4. The third kappa shape index (κ3) is 3.93. The molecule has 2 heterocycles. The number of hydrogen-bond donors (Lipinski definition) is 0. The topological polar surface area (TPSA) is 43.9 Å². The number of carbonyl (C=O) groups excluding carboxylic acids is 2. The van der Waals surface area contributed by atoms with E-state index in [4.69, 9.17) is 23.2 Å². The van der Waals surface area contributed by atoms with E-state index in [0.717, 1.165) is 15.6 Å². The molecule has 2 aliphatic heterocycles. The third-order valence-electron chi connectivity index (χ3n) is 6.76. The summed E-state index contributed by atoms with van der Waals surface area (Å²) in [6, 6.07) is 22.5. The second-order valence-corrected chi connectivity index (χ2v) is 10.6. The van der Waals surface area contributed by atoms with Crippen LogP contribution in [0.3, 0.4) is 0 Å². The van der Waals surface area contributed by atoms with E-state index >= 15 is 0 Å². The first-order valence-corrected chi connectivity index (χ1v) is 12.4. The van der Waals surface area contributed by atoms with Crippen molar-refractivity contribution < 1.29 is 9.59 Å². The van der Waals surface area contributed by atoms with E-state index < -0.39 is 5.54 Å². The zero-order chi connectivity index (χ0) is 24.0. The summed E-state index contributed by atoms with van der Waals surface area (Å²) in [4.78, 5) is 32.7. The lowest BCUT2D eigenvalue weighted by Gasteiger charge is -2.34. The summed E-state index contributed by atoms with van der Waals surface area (Å²) in [6.45, 7) is 1.76.